The van der Waals surface area contributed by atoms with Crippen molar-refractivity contribution in [2.24, 2.45) is 5.41 Å². The number of amides is 2. The Hall–Kier alpha value is -3.62. The fourth-order valence-electron chi connectivity index (χ4n) is 4.83. The molecule has 3 N–H and O–H groups in total. The van der Waals surface area contributed by atoms with Crippen molar-refractivity contribution in [3.8, 4) is 23.0 Å². The number of aromatic nitrogens is 1. The Morgan fingerprint density at radius 2 is 1.53 bits per heavy atom. The Kier molecular flexibility index (Phi) is 12.7. The molecule has 1 fully saturated rings. The number of fused-ring (bicyclic) bond motifs is 1. The number of carbonyl (C=O) groups excluding carboxylic acids is 2. The van der Waals surface area contributed by atoms with Crippen molar-refractivity contribution >= 4 is 40.1 Å². The number of aliphatic carboxylic acids is 1. The minimum absolute atomic E-state index is 0. The van der Waals surface area contributed by atoms with Crippen molar-refractivity contribution in [2.75, 3.05) is 23.8 Å². The van der Waals surface area contributed by atoms with Crippen molar-refractivity contribution < 1.29 is 95.3 Å². The topological polar surface area (TPSA) is 136 Å². The number of carboxylic acids is 1. The predicted molar refractivity (Wildman–Crippen MR) is 167 cm³/mol. The normalized spacial score (nSPS) is 12.8. The van der Waals surface area contributed by atoms with Gasteiger partial charge in [-0.05, 0) is 87.6 Å². The molecule has 0 unspecified atom stereocenters. The molecule has 1 aliphatic rings. The molecule has 242 valence electrons. The van der Waals surface area contributed by atoms with Crippen molar-refractivity contribution in [3.05, 3.63) is 78.5 Å². The van der Waals surface area contributed by atoms with Crippen LogP contribution in [0.5, 0.6) is 23.0 Å². The van der Waals surface area contributed by atoms with Crippen molar-refractivity contribution in [2.45, 2.75) is 45.4 Å². The van der Waals surface area contributed by atoms with Gasteiger partial charge in [-0.2, -0.15) is 0 Å². The van der Waals surface area contributed by atoms with Crippen LogP contribution in [0.3, 0.4) is 0 Å². The number of benzene rings is 3. The number of halogens is 2. The molecule has 3 aromatic carbocycles. The summed E-state index contributed by atoms with van der Waals surface area (Å²) in [5.74, 6) is -1.95. The maximum Gasteiger partial charge on any atom is 1.00 e. The van der Waals surface area contributed by atoms with Crippen LogP contribution in [0.25, 0.3) is 10.9 Å². The van der Waals surface area contributed by atoms with Crippen molar-refractivity contribution in [3.63, 3.8) is 0 Å². The average molecular weight is 674 g/mol. The summed E-state index contributed by atoms with van der Waals surface area (Å²) < 4.78 is 46.1. The van der Waals surface area contributed by atoms with Gasteiger partial charge >= 0.3 is 57.4 Å². The van der Waals surface area contributed by atoms with Crippen LogP contribution < -0.4 is 76.2 Å². The van der Waals surface area contributed by atoms with Crippen LogP contribution in [0, 0.1) is 17.0 Å². The Morgan fingerprint density at radius 3 is 2.19 bits per heavy atom. The van der Waals surface area contributed by atoms with Gasteiger partial charge in [0.15, 0.2) is 23.1 Å². The molecule has 0 radical (unpaired) electrons. The second kappa shape index (κ2) is 16.5. The zero-order valence-corrected chi connectivity index (χ0v) is 29.2. The van der Waals surface area contributed by atoms with E-state index in [4.69, 9.17) is 19.3 Å². The molecule has 47 heavy (non-hydrogen) atoms. The van der Waals surface area contributed by atoms with Gasteiger partial charge in [-0.3, -0.25) is 19.4 Å². The minimum Gasteiger partial charge on any atom is -1.00 e. The molecule has 1 saturated carbocycles. The Labute approximate surface area is 314 Å². The summed E-state index contributed by atoms with van der Waals surface area (Å²) in [6.45, 7) is 2.57. The number of rotatable bonds is 15. The van der Waals surface area contributed by atoms with E-state index in [0.29, 0.717) is 79.2 Å². The molecule has 10 nitrogen and oxygen atoms in total. The molecule has 13 heteroatoms. The zero-order valence-electron chi connectivity index (χ0n) is 27.1. The summed E-state index contributed by atoms with van der Waals surface area (Å²) in [6, 6.07) is 14.2. The van der Waals surface area contributed by atoms with Crippen LogP contribution in [-0.2, 0) is 14.4 Å². The standard InChI is InChI=1S/C34H33F2N3O7.K.H/c1-2-44-29-19-24-26(20-30(29)45-17-5-3-4-6-31(40)41)37-16-13-27(24)46-28-12-11-23(18-25(28)36)39-33(43)34(14-15-34)32(42)38-22-9-7-21(35)8-10-22;;/h7-13,16,18-20H,2-6,14-15,17H2,1H3,(H,38,42)(H,39,43)(H,40,41);;/q;+1;-1. The van der Waals surface area contributed by atoms with Gasteiger partial charge in [-0.25, -0.2) is 8.78 Å². The smallest absolute Gasteiger partial charge is 1.00 e. The molecule has 1 heterocycles. The van der Waals surface area contributed by atoms with Gasteiger partial charge in [0.1, 0.15) is 17.0 Å². The summed E-state index contributed by atoms with van der Waals surface area (Å²) in [5, 5.41) is 14.6. The molecule has 1 aliphatic carbocycles. The molecule has 2 amide bonds. The van der Waals surface area contributed by atoms with Gasteiger partial charge < -0.3 is 31.4 Å². The largest absolute Gasteiger partial charge is 1.00 e. The van der Waals surface area contributed by atoms with E-state index in [2.05, 4.69) is 15.6 Å². The predicted octanol–water partition coefficient (Wildman–Crippen LogP) is 4.20. The van der Waals surface area contributed by atoms with Crippen LogP contribution >= 0.6 is 0 Å². The van der Waals surface area contributed by atoms with Gasteiger partial charge in [0.25, 0.3) is 0 Å². The second-order valence-corrected chi connectivity index (χ2v) is 10.9. The third kappa shape index (κ3) is 9.26. The molecule has 0 atom stereocenters. The fraction of sp³-hybridized carbons (Fsp3) is 0.294. The number of carboxylic acid groups (broad SMARTS) is 1. The van der Waals surface area contributed by atoms with E-state index in [9.17, 15) is 18.8 Å². The number of hydrogen-bond acceptors (Lipinski definition) is 7. The third-order valence-corrected chi connectivity index (χ3v) is 7.49. The number of pyridine rings is 1. The van der Waals surface area contributed by atoms with E-state index >= 15 is 4.39 Å². The Bertz CT molecular complexity index is 1760. The van der Waals surface area contributed by atoms with Gasteiger partial charge in [0.2, 0.25) is 11.8 Å². The number of ether oxygens (including phenoxy) is 3. The van der Waals surface area contributed by atoms with Crippen molar-refractivity contribution in [1.29, 1.82) is 0 Å². The Morgan fingerprint density at radius 1 is 0.851 bits per heavy atom. The number of anilines is 2. The first-order valence-corrected chi connectivity index (χ1v) is 14.9. The van der Waals surface area contributed by atoms with Gasteiger partial charge in [-0.15, -0.1) is 0 Å². The molecule has 0 bridgehead atoms. The maximum absolute atomic E-state index is 15.2. The van der Waals surface area contributed by atoms with Gasteiger partial charge in [0, 0.05) is 41.5 Å². The number of carbonyl (C=O) groups is 3. The van der Waals surface area contributed by atoms with E-state index in [0.717, 1.165) is 6.07 Å². The first-order chi connectivity index (χ1) is 22.2. The molecule has 0 aliphatic heterocycles. The van der Waals surface area contributed by atoms with E-state index in [-0.39, 0.29) is 70.7 Å². The number of hydrogen-bond donors (Lipinski definition) is 3. The fourth-order valence-corrected chi connectivity index (χ4v) is 4.83. The quantitative estimate of drug-likeness (QED) is 0.0971. The molecule has 0 saturated heterocycles. The average Bonchev–Trinajstić information content (AvgIpc) is 3.84. The van der Waals surface area contributed by atoms with E-state index < -0.39 is 34.8 Å². The third-order valence-electron chi connectivity index (χ3n) is 7.49. The molecule has 4 aromatic rings. The summed E-state index contributed by atoms with van der Waals surface area (Å²) >= 11 is 0. The number of nitrogens with zero attached hydrogens (tertiary/aromatic N) is 1. The van der Waals surface area contributed by atoms with Crippen LogP contribution in [0.1, 0.15) is 46.9 Å². The molecule has 1 aromatic heterocycles. The van der Waals surface area contributed by atoms with Crippen LogP contribution in [-0.4, -0.2) is 41.1 Å². The summed E-state index contributed by atoms with van der Waals surface area (Å²) in [4.78, 5) is 41.0. The number of nitrogens with one attached hydrogen (secondary N) is 2. The van der Waals surface area contributed by atoms with Gasteiger partial charge in [0.05, 0.1) is 18.7 Å². The molecular formula is C34H34F2KN3O7. The van der Waals surface area contributed by atoms with E-state index in [1.54, 1.807) is 18.2 Å². The van der Waals surface area contributed by atoms with Crippen LogP contribution in [0.15, 0.2) is 66.9 Å². The maximum atomic E-state index is 15.2. The van der Waals surface area contributed by atoms with Crippen LogP contribution in [0.2, 0.25) is 0 Å². The van der Waals surface area contributed by atoms with Crippen molar-refractivity contribution in [1.82, 2.24) is 4.98 Å². The summed E-state index contributed by atoms with van der Waals surface area (Å²) in [7, 11) is 0. The minimum atomic E-state index is -1.29. The first-order valence-electron chi connectivity index (χ1n) is 14.9. The number of unbranched alkanes of at least 4 members (excludes halogenated alkanes) is 2. The van der Waals surface area contributed by atoms with E-state index in [1.807, 2.05) is 6.92 Å². The molecular weight excluding hydrogens is 639 g/mol. The van der Waals surface area contributed by atoms with Gasteiger partial charge in [-0.1, -0.05) is 0 Å². The summed E-state index contributed by atoms with van der Waals surface area (Å²) in [5.41, 5.74) is -0.251. The van der Waals surface area contributed by atoms with Crippen LogP contribution in [0.4, 0.5) is 20.2 Å². The first kappa shape index (κ1) is 36.2. The monoisotopic (exact) mass is 673 g/mol. The Balaban J connectivity index is 0.00000312. The second-order valence-electron chi connectivity index (χ2n) is 10.9. The summed E-state index contributed by atoms with van der Waals surface area (Å²) in [6.07, 6.45) is 4.24. The SMILES string of the molecule is CCOc1cc2c(Oc3ccc(NC(=O)C4(C(=O)Nc5ccc(F)cc5)CC4)cc3F)ccnc2cc1OCCCCCC(=O)O.[H-].[K+]. The zero-order chi connectivity index (χ0) is 32.7. The molecule has 5 rings (SSSR count). The van der Waals surface area contributed by atoms with E-state index in [1.165, 1.54) is 42.6 Å². The molecule has 0 spiro atoms.